The number of pyridine rings is 1. The molecule has 1 amide bonds. The fourth-order valence-electron chi connectivity index (χ4n) is 3.15. The molecule has 1 fully saturated rings. The number of H-pyrrole nitrogens is 1. The van der Waals surface area contributed by atoms with E-state index in [0.717, 1.165) is 23.6 Å². The molecule has 2 aromatic rings. The summed E-state index contributed by atoms with van der Waals surface area (Å²) in [5, 5.41) is 0. The number of carbonyl (C=O) groups excluding carboxylic acids is 1. The Morgan fingerprint density at radius 3 is 2.52 bits per heavy atom. The Bertz CT molecular complexity index is 813. The molecule has 1 aromatic heterocycles. The van der Waals surface area contributed by atoms with Crippen molar-refractivity contribution in [3.8, 4) is 5.75 Å². The number of hydrogen-bond acceptors (Lipinski definition) is 4. The minimum absolute atomic E-state index is 0.0909. The van der Waals surface area contributed by atoms with Gasteiger partial charge in [-0.15, -0.1) is 0 Å². The van der Waals surface area contributed by atoms with Gasteiger partial charge in [-0.2, -0.15) is 0 Å². The second kappa shape index (κ2) is 7.11. The SMILES string of the molecule is COc1ccc([C@@H]2CN(C(=O)c3ccc(C)[nH]c3=O)CCN2C)cc1. The highest BCUT2D eigenvalue weighted by atomic mass is 16.5. The first-order valence-corrected chi connectivity index (χ1v) is 8.33. The molecular formula is C19H23N3O3. The van der Waals surface area contributed by atoms with Crippen LogP contribution in [0.3, 0.4) is 0 Å². The first kappa shape index (κ1) is 17.2. The largest absolute Gasteiger partial charge is 0.497 e. The van der Waals surface area contributed by atoms with Crippen LogP contribution in [0.4, 0.5) is 0 Å². The van der Waals surface area contributed by atoms with Gasteiger partial charge >= 0.3 is 0 Å². The molecule has 132 valence electrons. The highest BCUT2D eigenvalue weighted by Crippen LogP contribution is 2.26. The molecule has 1 aromatic carbocycles. The summed E-state index contributed by atoms with van der Waals surface area (Å²) in [5.74, 6) is 0.592. The van der Waals surface area contributed by atoms with E-state index in [9.17, 15) is 9.59 Å². The van der Waals surface area contributed by atoms with Crippen LogP contribution in [-0.4, -0.2) is 54.5 Å². The number of amides is 1. The van der Waals surface area contributed by atoms with E-state index in [1.165, 1.54) is 0 Å². The van der Waals surface area contributed by atoms with Gasteiger partial charge < -0.3 is 14.6 Å². The third-order valence-corrected chi connectivity index (χ3v) is 4.72. The van der Waals surface area contributed by atoms with E-state index in [1.54, 1.807) is 31.1 Å². The molecule has 0 radical (unpaired) electrons. The second-order valence-corrected chi connectivity index (χ2v) is 6.40. The van der Waals surface area contributed by atoms with Gasteiger partial charge in [-0.25, -0.2) is 0 Å². The molecule has 2 heterocycles. The standard InChI is InChI=1S/C19H23N3O3/c1-13-4-9-16(18(23)20-13)19(24)22-11-10-21(2)17(12-22)14-5-7-15(25-3)8-6-14/h4-9,17H,10-12H2,1-3H3,(H,20,23)/t17-/m0/s1. The van der Waals surface area contributed by atoms with Gasteiger partial charge in [-0.05, 0) is 43.8 Å². The van der Waals surface area contributed by atoms with Crippen molar-refractivity contribution in [3.05, 3.63) is 63.6 Å². The Hall–Kier alpha value is -2.60. The number of aryl methyl sites for hydroxylation is 1. The molecule has 0 aliphatic carbocycles. The molecule has 0 spiro atoms. The van der Waals surface area contributed by atoms with E-state index in [1.807, 2.05) is 24.3 Å². The zero-order valence-electron chi connectivity index (χ0n) is 14.8. The van der Waals surface area contributed by atoms with Gasteiger partial charge in [0.2, 0.25) is 0 Å². The van der Waals surface area contributed by atoms with Crippen LogP contribution in [0.2, 0.25) is 0 Å². The predicted octanol–water partition coefficient (Wildman–Crippen LogP) is 1.82. The topological polar surface area (TPSA) is 65.6 Å². The number of nitrogens with zero attached hydrogens (tertiary/aromatic N) is 2. The Morgan fingerprint density at radius 1 is 1.16 bits per heavy atom. The highest BCUT2D eigenvalue weighted by molar-refractivity contribution is 5.94. The van der Waals surface area contributed by atoms with E-state index < -0.39 is 0 Å². The maximum Gasteiger partial charge on any atom is 0.260 e. The number of aromatic amines is 1. The molecule has 0 unspecified atom stereocenters. The molecule has 1 saturated heterocycles. The Morgan fingerprint density at radius 2 is 1.88 bits per heavy atom. The summed E-state index contributed by atoms with van der Waals surface area (Å²) in [5.41, 5.74) is 1.74. The minimum Gasteiger partial charge on any atom is -0.497 e. The van der Waals surface area contributed by atoms with Crippen molar-refractivity contribution in [2.45, 2.75) is 13.0 Å². The monoisotopic (exact) mass is 341 g/mol. The minimum atomic E-state index is -0.329. The van der Waals surface area contributed by atoms with Crippen molar-refractivity contribution >= 4 is 5.91 Å². The lowest BCUT2D eigenvalue weighted by Crippen LogP contribution is -2.49. The molecule has 0 saturated carbocycles. The summed E-state index contributed by atoms with van der Waals surface area (Å²) in [6, 6.07) is 11.3. The second-order valence-electron chi connectivity index (χ2n) is 6.40. The van der Waals surface area contributed by atoms with Crippen LogP contribution < -0.4 is 10.3 Å². The quantitative estimate of drug-likeness (QED) is 0.925. The lowest BCUT2D eigenvalue weighted by atomic mass is 10.0. The Kier molecular flexibility index (Phi) is 4.90. The predicted molar refractivity (Wildman–Crippen MR) is 96.1 cm³/mol. The van der Waals surface area contributed by atoms with Crippen LogP contribution in [0.1, 0.15) is 27.7 Å². The molecule has 1 atom stereocenters. The van der Waals surface area contributed by atoms with E-state index in [2.05, 4.69) is 16.9 Å². The fraction of sp³-hybridized carbons (Fsp3) is 0.368. The number of nitrogens with one attached hydrogen (secondary N) is 1. The maximum atomic E-state index is 12.8. The third-order valence-electron chi connectivity index (χ3n) is 4.72. The number of benzene rings is 1. The molecule has 1 N–H and O–H groups in total. The molecule has 3 rings (SSSR count). The van der Waals surface area contributed by atoms with Gasteiger partial charge in [0.05, 0.1) is 13.2 Å². The number of hydrogen-bond donors (Lipinski definition) is 1. The Balaban J connectivity index is 1.81. The number of aromatic nitrogens is 1. The van der Waals surface area contributed by atoms with Gasteiger partial charge in [-0.1, -0.05) is 12.1 Å². The average molecular weight is 341 g/mol. The number of carbonyl (C=O) groups is 1. The van der Waals surface area contributed by atoms with Crippen molar-refractivity contribution in [3.63, 3.8) is 0 Å². The number of piperazine rings is 1. The summed E-state index contributed by atoms with van der Waals surface area (Å²) in [4.78, 5) is 31.5. The van der Waals surface area contributed by atoms with Gasteiger partial charge in [0.15, 0.2) is 0 Å². The third kappa shape index (κ3) is 3.58. The summed E-state index contributed by atoms with van der Waals surface area (Å²) in [7, 11) is 3.69. The molecule has 6 nitrogen and oxygen atoms in total. The summed E-state index contributed by atoms with van der Waals surface area (Å²) >= 11 is 0. The number of likely N-dealkylation sites (N-methyl/N-ethyl adjacent to an activating group) is 1. The van der Waals surface area contributed by atoms with E-state index >= 15 is 0 Å². The smallest absolute Gasteiger partial charge is 0.260 e. The number of ether oxygens (including phenoxy) is 1. The van der Waals surface area contributed by atoms with Crippen LogP contribution in [0.5, 0.6) is 5.75 Å². The summed E-state index contributed by atoms with van der Waals surface area (Å²) in [6.45, 7) is 3.71. The first-order valence-electron chi connectivity index (χ1n) is 8.33. The first-order chi connectivity index (χ1) is 12.0. The van der Waals surface area contributed by atoms with Gasteiger partial charge in [0, 0.05) is 25.3 Å². The molecule has 6 heteroatoms. The maximum absolute atomic E-state index is 12.8. The lowest BCUT2D eigenvalue weighted by molar-refractivity contribution is 0.0544. The average Bonchev–Trinajstić information content (AvgIpc) is 2.62. The van der Waals surface area contributed by atoms with Crippen LogP contribution >= 0.6 is 0 Å². The van der Waals surface area contributed by atoms with Crippen LogP contribution in [-0.2, 0) is 0 Å². The molecule has 0 bridgehead atoms. The number of methoxy groups -OCH3 is 1. The van der Waals surface area contributed by atoms with Crippen LogP contribution in [0, 0.1) is 6.92 Å². The molecular weight excluding hydrogens is 318 g/mol. The van der Waals surface area contributed by atoms with Crippen LogP contribution in [0.25, 0.3) is 0 Å². The van der Waals surface area contributed by atoms with Crippen molar-refractivity contribution in [2.75, 3.05) is 33.8 Å². The van der Waals surface area contributed by atoms with E-state index in [0.29, 0.717) is 13.1 Å². The van der Waals surface area contributed by atoms with Crippen molar-refractivity contribution < 1.29 is 9.53 Å². The normalized spacial score (nSPS) is 18.2. The van der Waals surface area contributed by atoms with Crippen molar-refractivity contribution in [1.82, 2.24) is 14.8 Å². The Labute approximate surface area is 147 Å². The zero-order chi connectivity index (χ0) is 18.0. The number of rotatable bonds is 3. The van der Waals surface area contributed by atoms with E-state index in [-0.39, 0.29) is 23.1 Å². The molecule has 25 heavy (non-hydrogen) atoms. The summed E-state index contributed by atoms with van der Waals surface area (Å²) in [6.07, 6.45) is 0. The highest BCUT2D eigenvalue weighted by Gasteiger charge is 2.29. The van der Waals surface area contributed by atoms with Gasteiger partial charge in [0.1, 0.15) is 11.3 Å². The molecule has 1 aliphatic heterocycles. The van der Waals surface area contributed by atoms with Gasteiger partial charge in [-0.3, -0.25) is 14.5 Å². The lowest BCUT2D eigenvalue weighted by Gasteiger charge is -2.39. The van der Waals surface area contributed by atoms with Crippen molar-refractivity contribution in [2.24, 2.45) is 0 Å². The van der Waals surface area contributed by atoms with Crippen molar-refractivity contribution in [1.29, 1.82) is 0 Å². The van der Waals surface area contributed by atoms with Gasteiger partial charge in [0.25, 0.3) is 11.5 Å². The van der Waals surface area contributed by atoms with Crippen LogP contribution in [0.15, 0.2) is 41.2 Å². The zero-order valence-corrected chi connectivity index (χ0v) is 14.8. The molecule has 1 aliphatic rings. The van der Waals surface area contributed by atoms with E-state index in [4.69, 9.17) is 4.74 Å². The fourth-order valence-corrected chi connectivity index (χ4v) is 3.15. The summed E-state index contributed by atoms with van der Waals surface area (Å²) < 4.78 is 5.21.